The number of aromatic nitrogens is 1. The highest BCUT2D eigenvalue weighted by Crippen LogP contribution is 2.35. The van der Waals surface area contributed by atoms with E-state index in [0.717, 1.165) is 5.56 Å². The third-order valence-corrected chi connectivity index (χ3v) is 5.87. The lowest BCUT2D eigenvalue weighted by atomic mass is 10.00. The standard InChI is InChI=1S/C28H28N4O5/c1-31(2)16-24(34)32(3)22-13-11-19(15-23(22)33)29-26(17-8-6-5-7-9-17)25-20-12-10-18(28(36)37-4)14-21(20)30-27(25)35/h5-15,30,33,35H,16H2,1-4H3. The van der Waals surface area contributed by atoms with E-state index < -0.39 is 5.97 Å². The van der Waals surface area contributed by atoms with Gasteiger partial charge in [-0.1, -0.05) is 36.4 Å². The van der Waals surface area contributed by atoms with Gasteiger partial charge in [-0.15, -0.1) is 0 Å². The third-order valence-electron chi connectivity index (χ3n) is 5.87. The van der Waals surface area contributed by atoms with Gasteiger partial charge in [-0.25, -0.2) is 9.79 Å². The fraction of sp³-hybridized carbons (Fsp3) is 0.179. The molecule has 37 heavy (non-hydrogen) atoms. The van der Waals surface area contributed by atoms with Gasteiger partial charge in [0.2, 0.25) is 5.91 Å². The number of phenolic OH excluding ortho intramolecular Hbond substituents is 1. The van der Waals surface area contributed by atoms with Crippen LogP contribution in [-0.2, 0) is 9.53 Å². The predicted octanol–water partition coefficient (Wildman–Crippen LogP) is 4.06. The molecule has 9 heteroatoms. The van der Waals surface area contributed by atoms with Crippen molar-refractivity contribution in [1.82, 2.24) is 9.88 Å². The van der Waals surface area contributed by atoms with Gasteiger partial charge >= 0.3 is 5.97 Å². The lowest BCUT2D eigenvalue weighted by Gasteiger charge is -2.20. The number of anilines is 1. The van der Waals surface area contributed by atoms with E-state index in [2.05, 4.69) is 4.98 Å². The summed E-state index contributed by atoms with van der Waals surface area (Å²) >= 11 is 0. The highest BCUT2D eigenvalue weighted by molar-refractivity contribution is 6.22. The van der Waals surface area contributed by atoms with Gasteiger partial charge in [0.05, 0.1) is 41.9 Å². The lowest BCUT2D eigenvalue weighted by Crippen LogP contribution is -2.35. The number of aromatic amines is 1. The van der Waals surface area contributed by atoms with Crippen LogP contribution in [0, 0.1) is 0 Å². The molecule has 3 N–H and O–H groups in total. The zero-order valence-corrected chi connectivity index (χ0v) is 21.0. The number of amides is 1. The number of ether oxygens (including phenoxy) is 1. The minimum atomic E-state index is -0.487. The van der Waals surface area contributed by atoms with Crippen LogP contribution in [0.4, 0.5) is 11.4 Å². The Labute approximate surface area is 214 Å². The number of aromatic hydroxyl groups is 2. The van der Waals surface area contributed by atoms with Crippen LogP contribution in [0.15, 0.2) is 71.7 Å². The largest absolute Gasteiger partial charge is 0.506 e. The smallest absolute Gasteiger partial charge is 0.337 e. The number of hydrogen-bond donors (Lipinski definition) is 3. The van der Waals surface area contributed by atoms with E-state index in [4.69, 9.17) is 9.73 Å². The van der Waals surface area contributed by atoms with Gasteiger partial charge in [0.1, 0.15) is 5.75 Å². The summed E-state index contributed by atoms with van der Waals surface area (Å²) in [5.74, 6) is -0.876. The van der Waals surface area contributed by atoms with Crippen molar-refractivity contribution in [2.45, 2.75) is 0 Å². The molecule has 0 bridgehead atoms. The van der Waals surface area contributed by atoms with Crippen molar-refractivity contribution in [3.05, 3.63) is 83.4 Å². The van der Waals surface area contributed by atoms with E-state index in [1.54, 1.807) is 56.4 Å². The maximum Gasteiger partial charge on any atom is 0.337 e. The number of rotatable bonds is 7. The summed E-state index contributed by atoms with van der Waals surface area (Å²) in [6, 6.07) is 19.1. The summed E-state index contributed by atoms with van der Waals surface area (Å²) in [5.41, 5.74) is 3.30. The van der Waals surface area contributed by atoms with Crippen LogP contribution in [0.1, 0.15) is 21.5 Å². The van der Waals surface area contributed by atoms with E-state index in [0.29, 0.717) is 39.1 Å². The van der Waals surface area contributed by atoms with Crippen LogP contribution in [-0.4, -0.2) is 72.5 Å². The Kier molecular flexibility index (Phi) is 7.26. The molecule has 1 amide bonds. The second-order valence-electron chi connectivity index (χ2n) is 8.79. The third kappa shape index (κ3) is 5.31. The zero-order valence-electron chi connectivity index (χ0n) is 21.0. The number of methoxy groups -OCH3 is 1. The summed E-state index contributed by atoms with van der Waals surface area (Å²) in [6.45, 7) is 0.200. The summed E-state index contributed by atoms with van der Waals surface area (Å²) < 4.78 is 4.80. The summed E-state index contributed by atoms with van der Waals surface area (Å²) in [6.07, 6.45) is 0. The van der Waals surface area contributed by atoms with E-state index in [1.165, 1.54) is 18.1 Å². The van der Waals surface area contributed by atoms with Gasteiger partial charge in [-0.2, -0.15) is 0 Å². The van der Waals surface area contributed by atoms with Crippen LogP contribution in [0.2, 0.25) is 0 Å². The number of fused-ring (bicyclic) bond motifs is 1. The maximum atomic E-state index is 12.4. The van der Waals surface area contributed by atoms with Crippen LogP contribution < -0.4 is 4.90 Å². The molecule has 3 aromatic carbocycles. The SMILES string of the molecule is COC(=O)c1ccc2c(C(=Nc3ccc(N(C)C(=O)CN(C)C)c(O)c3)c3ccccc3)c(O)[nH]c2c1. The molecule has 0 spiro atoms. The van der Waals surface area contributed by atoms with Gasteiger partial charge in [-0.3, -0.25) is 4.79 Å². The Bertz CT molecular complexity index is 1490. The monoisotopic (exact) mass is 500 g/mol. The van der Waals surface area contributed by atoms with Crippen LogP contribution in [0.25, 0.3) is 10.9 Å². The molecular formula is C28H28N4O5. The van der Waals surface area contributed by atoms with Gasteiger partial charge in [0.25, 0.3) is 0 Å². The number of esters is 1. The summed E-state index contributed by atoms with van der Waals surface area (Å²) in [7, 11) is 6.50. The number of aliphatic imine (C=N–C) groups is 1. The van der Waals surface area contributed by atoms with Crippen LogP contribution >= 0.6 is 0 Å². The van der Waals surface area contributed by atoms with Crippen LogP contribution in [0.3, 0.4) is 0 Å². The first kappa shape index (κ1) is 25.5. The molecule has 0 aliphatic rings. The van der Waals surface area contributed by atoms with E-state index in [-0.39, 0.29) is 24.1 Å². The highest BCUT2D eigenvalue weighted by atomic mass is 16.5. The molecule has 9 nitrogen and oxygen atoms in total. The number of nitrogens with one attached hydrogen (secondary N) is 1. The van der Waals surface area contributed by atoms with Crippen molar-refractivity contribution in [2.75, 3.05) is 39.7 Å². The molecule has 4 aromatic rings. The number of likely N-dealkylation sites (N-methyl/N-ethyl adjacent to an activating group) is 2. The predicted molar refractivity (Wildman–Crippen MR) is 143 cm³/mol. The second kappa shape index (κ2) is 10.5. The van der Waals surface area contributed by atoms with E-state index >= 15 is 0 Å². The average Bonchev–Trinajstić information content (AvgIpc) is 3.21. The number of H-pyrrole nitrogens is 1. The van der Waals surface area contributed by atoms with Crippen molar-refractivity contribution >= 4 is 39.9 Å². The number of carbonyl (C=O) groups excluding carboxylic acids is 2. The van der Waals surface area contributed by atoms with Crippen molar-refractivity contribution in [3.63, 3.8) is 0 Å². The van der Waals surface area contributed by atoms with Gasteiger partial charge in [0.15, 0.2) is 5.88 Å². The first-order chi connectivity index (χ1) is 17.7. The molecule has 0 aliphatic carbocycles. The minimum absolute atomic E-state index is 0.103. The number of carbonyl (C=O) groups is 2. The van der Waals surface area contributed by atoms with E-state index in [1.807, 2.05) is 30.3 Å². The van der Waals surface area contributed by atoms with Gasteiger partial charge in [-0.05, 0) is 38.4 Å². The molecule has 0 radical (unpaired) electrons. The Balaban J connectivity index is 1.82. The maximum absolute atomic E-state index is 12.4. The minimum Gasteiger partial charge on any atom is -0.506 e. The zero-order chi connectivity index (χ0) is 26.7. The number of phenols is 1. The quantitative estimate of drug-likeness (QED) is 0.260. The molecule has 0 fully saturated rings. The number of benzene rings is 3. The van der Waals surface area contributed by atoms with E-state index in [9.17, 15) is 19.8 Å². The topological polar surface area (TPSA) is 118 Å². The molecule has 1 heterocycles. The Morgan fingerprint density at radius 1 is 0.946 bits per heavy atom. The molecule has 0 saturated carbocycles. The molecule has 190 valence electrons. The highest BCUT2D eigenvalue weighted by Gasteiger charge is 2.21. The van der Waals surface area contributed by atoms with Crippen LogP contribution in [0.5, 0.6) is 11.6 Å². The Hall–Kier alpha value is -4.63. The van der Waals surface area contributed by atoms with Crippen molar-refractivity contribution < 1.29 is 24.5 Å². The van der Waals surface area contributed by atoms with Gasteiger partial charge in [0, 0.05) is 29.6 Å². The molecule has 0 atom stereocenters. The lowest BCUT2D eigenvalue weighted by molar-refractivity contribution is -0.118. The first-order valence-electron chi connectivity index (χ1n) is 11.5. The molecule has 4 rings (SSSR count). The fourth-order valence-electron chi connectivity index (χ4n) is 4.03. The molecule has 0 aliphatic heterocycles. The summed E-state index contributed by atoms with van der Waals surface area (Å²) in [5, 5.41) is 22.3. The number of nitrogens with zero attached hydrogens (tertiary/aromatic N) is 3. The van der Waals surface area contributed by atoms with Crippen molar-refractivity contribution in [2.24, 2.45) is 4.99 Å². The molecular weight excluding hydrogens is 472 g/mol. The molecule has 1 aromatic heterocycles. The fourth-order valence-corrected chi connectivity index (χ4v) is 4.03. The van der Waals surface area contributed by atoms with Crippen molar-refractivity contribution in [1.29, 1.82) is 0 Å². The first-order valence-corrected chi connectivity index (χ1v) is 11.5. The number of hydrogen-bond acceptors (Lipinski definition) is 7. The Morgan fingerprint density at radius 2 is 1.68 bits per heavy atom. The average molecular weight is 501 g/mol. The summed E-state index contributed by atoms with van der Waals surface area (Å²) in [4.78, 5) is 35.3. The molecule has 0 unspecified atom stereocenters. The Morgan fingerprint density at radius 3 is 2.32 bits per heavy atom. The molecule has 0 saturated heterocycles. The second-order valence-corrected chi connectivity index (χ2v) is 8.79. The van der Waals surface area contributed by atoms with Crippen molar-refractivity contribution in [3.8, 4) is 11.6 Å². The normalized spacial score (nSPS) is 11.6. The van der Waals surface area contributed by atoms with Gasteiger partial charge < -0.3 is 29.7 Å².